The van der Waals surface area contributed by atoms with Crippen molar-refractivity contribution in [2.75, 3.05) is 18.9 Å². The molecule has 1 rings (SSSR count). The molecule has 74 valence electrons. The summed E-state index contributed by atoms with van der Waals surface area (Å²) in [6.07, 6.45) is 2.65. The quantitative estimate of drug-likeness (QED) is 0.805. The molecule has 0 bridgehead atoms. The molecule has 1 heterocycles. The molecule has 0 saturated carbocycles. The number of aromatic nitrogens is 2. The summed E-state index contributed by atoms with van der Waals surface area (Å²) >= 11 is 3.18. The van der Waals surface area contributed by atoms with Crippen molar-refractivity contribution in [1.82, 2.24) is 14.5 Å². The van der Waals surface area contributed by atoms with Gasteiger partial charge in [-0.15, -0.1) is 0 Å². The first-order chi connectivity index (χ1) is 6.09. The number of nitrogens with zero attached hydrogens (tertiary/aromatic N) is 2. The Morgan fingerprint density at radius 2 is 2.38 bits per heavy atom. The van der Waals surface area contributed by atoms with Crippen molar-refractivity contribution < 1.29 is 8.42 Å². The summed E-state index contributed by atoms with van der Waals surface area (Å²) in [7, 11) is -1.82. The van der Waals surface area contributed by atoms with Crippen molar-refractivity contribution in [3.63, 3.8) is 0 Å². The third-order valence-corrected chi connectivity index (χ3v) is 3.76. The number of sulfonamides is 1. The number of nitrogens with one attached hydrogen (secondary N) is 1. The van der Waals surface area contributed by atoms with Gasteiger partial charge < -0.3 is 0 Å². The van der Waals surface area contributed by atoms with Crippen LogP contribution in [0, 0.1) is 0 Å². The minimum absolute atomic E-state index is 0.191. The van der Waals surface area contributed by atoms with E-state index >= 15 is 0 Å². The molecule has 5 nitrogen and oxygen atoms in total. The predicted molar refractivity (Wildman–Crippen MR) is 52.2 cm³/mol. The van der Waals surface area contributed by atoms with E-state index < -0.39 is 10.0 Å². The molecule has 0 saturated heterocycles. The van der Waals surface area contributed by atoms with Crippen molar-refractivity contribution in [1.29, 1.82) is 0 Å². The molecule has 0 aromatic carbocycles. The van der Waals surface area contributed by atoms with E-state index in [2.05, 4.69) is 26.1 Å². The number of alkyl halides is 1. The largest absolute Gasteiger partial charge is 0.284 e. The van der Waals surface area contributed by atoms with Crippen LogP contribution in [0.5, 0.6) is 0 Å². The molecule has 0 aliphatic rings. The van der Waals surface area contributed by atoms with Gasteiger partial charge >= 0.3 is 0 Å². The maximum absolute atomic E-state index is 11.6. The predicted octanol–water partition coefficient (Wildman–Crippen LogP) is 0.425. The molecule has 7 heteroatoms. The lowest BCUT2D eigenvalue weighted by molar-refractivity contribution is 0.489. The van der Waals surface area contributed by atoms with Gasteiger partial charge in [-0.3, -0.25) is 5.10 Å². The van der Waals surface area contributed by atoms with E-state index in [-0.39, 0.29) is 4.90 Å². The van der Waals surface area contributed by atoms with E-state index in [0.717, 1.165) is 0 Å². The lowest BCUT2D eigenvalue weighted by Crippen LogP contribution is -2.28. The normalized spacial score (nSPS) is 12.2. The first kappa shape index (κ1) is 10.7. The number of rotatable bonds is 4. The Morgan fingerprint density at radius 1 is 1.69 bits per heavy atom. The summed E-state index contributed by atoms with van der Waals surface area (Å²) in [5.74, 6) is 0. The molecule has 1 aromatic rings. The number of aromatic amines is 1. The summed E-state index contributed by atoms with van der Waals surface area (Å²) in [6, 6.07) is 0. The molecule has 0 unspecified atom stereocenters. The summed E-state index contributed by atoms with van der Waals surface area (Å²) in [5.41, 5.74) is 0. The lowest BCUT2D eigenvalue weighted by atomic mass is 10.7. The fourth-order valence-corrected chi connectivity index (χ4v) is 2.65. The van der Waals surface area contributed by atoms with Crippen LogP contribution in [0.1, 0.15) is 0 Å². The highest BCUT2D eigenvalue weighted by molar-refractivity contribution is 9.09. The van der Waals surface area contributed by atoms with E-state index in [1.54, 1.807) is 0 Å². The second-order valence-electron chi connectivity index (χ2n) is 2.45. The zero-order valence-corrected chi connectivity index (χ0v) is 9.47. The van der Waals surface area contributed by atoms with Gasteiger partial charge in [0.15, 0.2) is 0 Å². The van der Waals surface area contributed by atoms with Gasteiger partial charge in [0.05, 0.1) is 6.20 Å². The number of halogens is 1. The summed E-state index contributed by atoms with van der Waals surface area (Å²) < 4.78 is 24.5. The van der Waals surface area contributed by atoms with Crippen LogP contribution in [-0.2, 0) is 10.0 Å². The first-order valence-electron chi connectivity index (χ1n) is 3.60. The van der Waals surface area contributed by atoms with Crippen molar-refractivity contribution >= 4 is 26.0 Å². The third kappa shape index (κ3) is 2.29. The fourth-order valence-electron chi connectivity index (χ4n) is 0.799. The highest BCUT2D eigenvalue weighted by Crippen LogP contribution is 2.11. The Bertz CT molecular complexity index is 348. The van der Waals surface area contributed by atoms with Gasteiger partial charge in [0, 0.05) is 25.1 Å². The van der Waals surface area contributed by atoms with Gasteiger partial charge in [-0.1, -0.05) is 15.9 Å². The molecular weight excluding hydrogens is 258 g/mol. The maximum Gasteiger partial charge on any atom is 0.245 e. The molecule has 1 aromatic heterocycles. The highest BCUT2D eigenvalue weighted by atomic mass is 79.9. The van der Waals surface area contributed by atoms with Crippen molar-refractivity contribution in [2.24, 2.45) is 0 Å². The van der Waals surface area contributed by atoms with E-state index in [9.17, 15) is 8.42 Å². The number of H-pyrrole nitrogens is 1. The van der Waals surface area contributed by atoms with Crippen LogP contribution in [0.2, 0.25) is 0 Å². The van der Waals surface area contributed by atoms with Gasteiger partial charge in [-0.05, 0) is 0 Å². The molecule has 0 aliphatic heterocycles. The summed E-state index contributed by atoms with van der Waals surface area (Å²) in [4.78, 5) is 0.191. The fraction of sp³-hybridized carbons (Fsp3) is 0.500. The lowest BCUT2D eigenvalue weighted by Gasteiger charge is -2.13. The molecule has 1 N–H and O–H groups in total. The van der Waals surface area contributed by atoms with Crippen molar-refractivity contribution in [3.8, 4) is 0 Å². The Morgan fingerprint density at radius 3 is 2.85 bits per heavy atom. The number of hydrogen-bond donors (Lipinski definition) is 1. The zero-order valence-electron chi connectivity index (χ0n) is 7.07. The third-order valence-electron chi connectivity index (χ3n) is 1.58. The van der Waals surface area contributed by atoms with Crippen LogP contribution in [0.15, 0.2) is 17.3 Å². The minimum Gasteiger partial charge on any atom is -0.284 e. The second kappa shape index (κ2) is 4.21. The van der Waals surface area contributed by atoms with Gasteiger partial charge in [0.2, 0.25) is 10.0 Å². The van der Waals surface area contributed by atoms with Crippen LogP contribution in [0.4, 0.5) is 0 Å². The maximum atomic E-state index is 11.6. The highest BCUT2D eigenvalue weighted by Gasteiger charge is 2.20. The Balaban J connectivity index is 2.90. The van der Waals surface area contributed by atoms with Crippen molar-refractivity contribution in [2.45, 2.75) is 4.90 Å². The van der Waals surface area contributed by atoms with Gasteiger partial charge in [-0.25, -0.2) is 8.42 Å². The standard InChI is InChI=1S/C6H10BrN3O2S/c1-10(3-2-7)13(11,12)6-4-8-9-5-6/h4-5H,2-3H2,1H3,(H,8,9). The molecule has 0 aliphatic carbocycles. The molecule has 0 fully saturated rings. The van der Waals surface area contributed by atoms with E-state index in [4.69, 9.17) is 0 Å². The number of hydrogen-bond acceptors (Lipinski definition) is 3. The van der Waals surface area contributed by atoms with Crippen LogP contribution in [0.3, 0.4) is 0 Å². The summed E-state index contributed by atoms with van der Waals surface area (Å²) in [5, 5.41) is 6.67. The van der Waals surface area contributed by atoms with Gasteiger partial charge in [0.1, 0.15) is 4.90 Å². The van der Waals surface area contributed by atoms with Crippen LogP contribution >= 0.6 is 15.9 Å². The monoisotopic (exact) mass is 267 g/mol. The van der Waals surface area contributed by atoms with Crippen LogP contribution in [0.25, 0.3) is 0 Å². The molecule has 0 atom stereocenters. The minimum atomic E-state index is -3.35. The zero-order chi connectivity index (χ0) is 9.90. The Kier molecular flexibility index (Phi) is 3.46. The molecule has 0 spiro atoms. The molecule has 13 heavy (non-hydrogen) atoms. The van der Waals surface area contributed by atoms with E-state index in [1.807, 2.05) is 0 Å². The SMILES string of the molecule is CN(CCBr)S(=O)(=O)c1cn[nH]c1. The second-order valence-corrected chi connectivity index (χ2v) is 5.29. The average Bonchev–Trinajstić information content (AvgIpc) is 2.56. The Labute approximate surface area is 85.3 Å². The average molecular weight is 268 g/mol. The van der Waals surface area contributed by atoms with Crippen LogP contribution < -0.4 is 0 Å². The van der Waals surface area contributed by atoms with Gasteiger partial charge in [-0.2, -0.15) is 9.40 Å². The smallest absolute Gasteiger partial charge is 0.245 e. The molecule has 0 amide bonds. The molecular formula is C6H10BrN3O2S. The van der Waals surface area contributed by atoms with E-state index in [1.165, 1.54) is 23.7 Å². The van der Waals surface area contributed by atoms with Crippen molar-refractivity contribution in [3.05, 3.63) is 12.4 Å². The summed E-state index contributed by atoms with van der Waals surface area (Å²) in [6.45, 7) is 0.438. The first-order valence-corrected chi connectivity index (χ1v) is 6.16. The topological polar surface area (TPSA) is 66.1 Å². The molecule has 0 radical (unpaired) electrons. The Hall–Kier alpha value is -0.400. The van der Waals surface area contributed by atoms with Crippen LogP contribution in [-0.4, -0.2) is 41.8 Å². The van der Waals surface area contributed by atoms with E-state index in [0.29, 0.717) is 11.9 Å². The van der Waals surface area contributed by atoms with Gasteiger partial charge in [0.25, 0.3) is 0 Å².